The van der Waals surface area contributed by atoms with Gasteiger partial charge in [-0.3, -0.25) is 9.78 Å². The van der Waals surface area contributed by atoms with Crippen LogP contribution >= 0.6 is 11.6 Å². The van der Waals surface area contributed by atoms with E-state index in [1.807, 2.05) is 4.90 Å². The van der Waals surface area contributed by atoms with Crippen LogP contribution in [0.2, 0.25) is 0 Å². The maximum Gasteiger partial charge on any atom is 0.487 e. The topological polar surface area (TPSA) is 87.6 Å². The van der Waals surface area contributed by atoms with Crippen molar-refractivity contribution in [2.24, 2.45) is 0 Å². The maximum atomic E-state index is 14.5. The van der Waals surface area contributed by atoms with Gasteiger partial charge >= 0.3 is 5.57 Å². The number of carbonyl (C=O) groups excluding carboxylic acids is 1. The van der Waals surface area contributed by atoms with Gasteiger partial charge < -0.3 is 20.1 Å². The molecule has 3 heterocycles. The Morgan fingerprint density at radius 2 is 1.97 bits per heavy atom. The second-order valence-corrected chi connectivity index (χ2v) is 7.81. The summed E-state index contributed by atoms with van der Waals surface area (Å²) >= 11 is 4.74. The molecule has 0 bridgehead atoms. The fraction of sp³-hybridized carbons (Fsp3) is 0.227. The molecule has 4 rings (SSSR count). The fourth-order valence-electron chi connectivity index (χ4n) is 3.49. The molecule has 1 atom stereocenters. The van der Waals surface area contributed by atoms with Gasteiger partial charge in [-0.2, -0.15) is 0 Å². The van der Waals surface area contributed by atoms with Gasteiger partial charge in [-0.05, 0) is 42.8 Å². The molecule has 7 nitrogen and oxygen atoms in total. The SMILES string of the molecule is O=C(Nc1ccc(OC(F)(F)Cl)cc1)c1cnc(N2CCC(O)C2)c(-c2cnccc2F)c1. The van der Waals surface area contributed by atoms with E-state index in [0.717, 1.165) is 0 Å². The van der Waals surface area contributed by atoms with Crippen LogP contribution < -0.4 is 15.0 Å². The largest absolute Gasteiger partial charge is 0.487 e. The van der Waals surface area contributed by atoms with E-state index in [1.165, 1.54) is 55.0 Å². The van der Waals surface area contributed by atoms with Crippen molar-refractivity contribution in [2.45, 2.75) is 18.1 Å². The van der Waals surface area contributed by atoms with Gasteiger partial charge in [-0.15, -0.1) is 8.78 Å². The number of nitrogens with one attached hydrogen (secondary N) is 1. The van der Waals surface area contributed by atoms with Gasteiger partial charge in [0.05, 0.1) is 11.7 Å². The number of β-amino-alcohol motifs (C(OH)–C–C–N with tert-alkyl or cyclic N) is 1. The Morgan fingerprint density at radius 1 is 1.21 bits per heavy atom. The summed E-state index contributed by atoms with van der Waals surface area (Å²) in [5.41, 5.74) is -2.87. The molecular weight excluding hydrogens is 461 g/mol. The first-order valence-electron chi connectivity index (χ1n) is 9.90. The molecule has 0 spiro atoms. The lowest BCUT2D eigenvalue weighted by molar-refractivity contribution is -0.0964. The zero-order valence-electron chi connectivity index (χ0n) is 17.0. The molecule has 33 heavy (non-hydrogen) atoms. The molecule has 1 unspecified atom stereocenters. The van der Waals surface area contributed by atoms with Crippen LogP contribution in [0, 0.1) is 5.82 Å². The van der Waals surface area contributed by atoms with Gasteiger partial charge in [0.25, 0.3) is 5.91 Å². The highest BCUT2D eigenvalue weighted by molar-refractivity contribution is 6.20. The summed E-state index contributed by atoms with van der Waals surface area (Å²) in [7, 11) is 0. The van der Waals surface area contributed by atoms with Crippen molar-refractivity contribution in [1.29, 1.82) is 0 Å². The number of aliphatic hydroxyl groups excluding tert-OH is 1. The number of carbonyl (C=O) groups is 1. The number of pyridine rings is 2. The molecule has 1 aliphatic rings. The molecule has 0 aliphatic carbocycles. The van der Waals surface area contributed by atoms with E-state index in [1.54, 1.807) is 0 Å². The van der Waals surface area contributed by atoms with Gasteiger partial charge in [-0.25, -0.2) is 9.37 Å². The second kappa shape index (κ2) is 9.24. The number of hydrogen-bond acceptors (Lipinski definition) is 6. The van der Waals surface area contributed by atoms with Crippen LogP contribution in [0.25, 0.3) is 11.1 Å². The molecule has 1 aliphatic heterocycles. The summed E-state index contributed by atoms with van der Waals surface area (Å²) in [4.78, 5) is 23.0. The van der Waals surface area contributed by atoms with Crippen molar-refractivity contribution < 1.29 is 27.8 Å². The molecule has 0 saturated carbocycles. The Labute approximate surface area is 191 Å². The first-order valence-corrected chi connectivity index (χ1v) is 10.3. The van der Waals surface area contributed by atoms with Crippen LogP contribution in [0.5, 0.6) is 5.75 Å². The van der Waals surface area contributed by atoms with Crippen molar-refractivity contribution in [2.75, 3.05) is 23.3 Å². The highest BCUT2D eigenvalue weighted by Gasteiger charge is 2.28. The maximum absolute atomic E-state index is 14.5. The van der Waals surface area contributed by atoms with E-state index in [-0.39, 0.29) is 16.9 Å². The van der Waals surface area contributed by atoms with E-state index >= 15 is 0 Å². The van der Waals surface area contributed by atoms with Gasteiger partial charge in [0.1, 0.15) is 17.4 Å². The Kier molecular flexibility index (Phi) is 6.39. The lowest BCUT2D eigenvalue weighted by Crippen LogP contribution is -2.23. The molecule has 3 aromatic rings. The number of aromatic nitrogens is 2. The van der Waals surface area contributed by atoms with Crippen LogP contribution in [0.4, 0.5) is 24.7 Å². The molecular formula is C22H18ClF3N4O3. The molecule has 0 radical (unpaired) electrons. The standard InChI is InChI=1S/C22H18ClF3N4O3/c23-22(25,26)33-16-3-1-14(2-4-16)29-21(32)13-9-17(18-11-27-7-5-19(18)24)20(28-10-13)30-8-6-15(31)12-30/h1-5,7,9-11,15,31H,6,8,12H2,(H,29,32). The minimum Gasteiger partial charge on any atom is -0.420 e. The number of aliphatic hydroxyl groups is 1. The Bertz CT molecular complexity index is 1160. The normalized spacial score (nSPS) is 16.0. The van der Waals surface area contributed by atoms with Gasteiger partial charge in [0.2, 0.25) is 0 Å². The first-order chi connectivity index (χ1) is 15.7. The summed E-state index contributed by atoms with van der Waals surface area (Å²) in [5, 5.41) is 12.5. The minimum atomic E-state index is -3.85. The summed E-state index contributed by atoms with van der Waals surface area (Å²) in [5.74, 6) is -0.825. The molecule has 1 fully saturated rings. The number of hydrogen-bond donors (Lipinski definition) is 2. The second-order valence-electron chi connectivity index (χ2n) is 7.37. The number of halogens is 4. The number of anilines is 2. The third-order valence-electron chi connectivity index (χ3n) is 5.00. The molecule has 1 saturated heterocycles. The third-order valence-corrected chi connectivity index (χ3v) is 5.07. The first kappa shape index (κ1) is 22.8. The average Bonchev–Trinajstić information content (AvgIpc) is 3.20. The van der Waals surface area contributed by atoms with E-state index in [0.29, 0.717) is 36.6 Å². The van der Waals surface area contributed by atoms with Crippen molar-refractivity contribution in [3.05, 3.63) is 66.4 Å². The van der Waals surface area contributed by atoms with Crippen LogP contribution in [0.1, 0.15) is 16.8 Å². The zero-order valence-corrected chi connectivity index (χ0v) is 17.8. The third kappa shape index (κ3) is 5.52. The summed E-state index contributed by atoms with van der Waals surface area (Å²) < 4.78 is 44.2. The lowest BCUT2D eigenvalue weighted by atomic mass is 10.0. The molecule has 11 heteroatoms. The summed E-state index contributed by atoms with van der Waals surface area (Å²) in [6.07, 6.45) is 4.03. The number of ether oxygens (including phenoxy) is 1. The Hall–Kier alpha value is -3.37. The molecule has 2 aromatic heterocycles. The van der Waals surface area contributed by atoms with Crippen LogP contribution in [-0.2, 0) is 0 Å². The number of alkyl halides is 3. The van der Waals surface area contributed by atoms with Crippen LogP contribution in [-0.4, -0.2) is 45.7 Å². The van der Waals surface area contributed by atoms with E-state index in [2.05, 4.69) is 20.0 Å². The zero-order chi connectivity index (χ0) is 23.6. The van der Waals surface area contributed by atoms with E-state index in [4.69, 9.17) is 11.6 Å². The van der Waals surface area contributed by atoms with E-state index < -0.39 is 23.4 Å². The molecule has 1 amide bonds. The fourth-order valence-corrected chi connectivity index (χ4v) is 3.57. The lowest BCUT2D eigenvalue weighted by Gasteiger charge is -2.21. The van der Waals surface area contributed by atoms with Crippen LogP contribution in [0.15, 0.2) is 55.0 Å². The smallest absolute Gasteiger partial charge is 0.420 e. The Morgan fingerprint density at radius 3 is 2.61 bits per heavy atom. The van der Waals surface area contributed by atoms with E-state index in [9.17, 15) is 23.1 Å². The molecule has 1 aromatic carbocycles. The number of rotatable bonds is 6. The highest BCUT2D eigenvalue weighted by Crippen LogP contribution is 2.33. The molecule has 2 N–H and O–H groups in total. The van der Waals surface area contributed by atoms with Crippen molar-refractivity contribution in [3.63, 3.8) is 0 Å². The van der Waals surface area contributed by atoms with Crippen molar-refractivity contribution >= 4 is 29.0 Å². The summed E-state index contributed by atoms with van der Waals surface area (Å²) in [6, 6.07) is 7.88. The number of amides is 1. The summed E-state index contributed by atoms with van der Waals surface area (Å²) in [6.45, 7) is 0.869. The minimum absolute atomic E-state index is 0.143. The van der Waals surface area contributed by atoms with Crippen molar-refractivity contribution in [1.82, 2.24) is 9.97 Å². The molecule has 172 valence electrons. The quantitative estimate of drug-likeness (QED) is 0.514. The number of nitrogens with zero attached hydrogens (tertiary/aromatic N) is 3. The van der Waals surface area contributed by atoms with Crippen molar-refractivity contribution in [3.8, 4) is 16.9 Å². The predicted molar refractivity (Wildman–Crippen MR) is 116 cm³/mol. The van der Waals surface area contributed by atoms with Gasteiger partial charge in [-0.1, -0.05) is 0 Å². The average molecular weight is 479 g/mol. The Balaban J connectivity index is 1.61. The monoisotopic (exact) mass is 478 g/mol. The predicted octanol–water partition coefficient (Wildman–Crippen LogP) is 4.27. The van der Waals surface area contributed by atoms with Crippen LogP contribution in [0.3, 0.4) is 0 Å². The highest BCUT2D eigenvalue weighted by atomic mass is 35.5. The van der Waals surface area contributed by atoms with Gasteiger partial charge in [0.15, 0.2) is 0 Å². The van der Waals surface area contributed by atoms with Gasteiger partial charge in [0, 0.05) is 60.1 Å². The number of benzene rings is 1.